The fraction of sp³-hybridized carbons (Fsp3) is 0.462. The van der Waals surface area contributed by atoms with Crippen LogP contribution in [0.15, 0.2) is 21.7 Å². The van der Waals surface area contributed by atoms with E-state index in [1.165, 1.54) is 23.1 Å². The Labute approximate surface area is 130 Å². The molecule has 0 saturated heterocycles. The molecule has 0 aliphatic carbocycles. The van der Waals surface area contributed by atoms with Gasteiger partial charge in [-0.05, 0) is 24.8 Å². The van der Waals surface area contributed by atoms with Crippen LogP contribution in [0.3, 0.4) is 0 Å². The number of carbonyl (C=O) groups excluding carboxylic acids is 2. The van der Waals surface area contributed by atoms with Crippen LogP contribution in [0.5, 0.6) is 0 Å². The van der Waals surface area contributed by atoms with Crippen molar-refractivity contribution in [3.63, 3.8) is 0 Å². The summed E-state index contributed by atoms with van der Waals surface area (Å²) in [4.78, 5) is 34.0. The zero-order valence-electron chi connectivity index (χ0n) is 11.5. The van der Waals surface area contributed by atoms with Crippen molar-refractivity contribution in [2.24, 2.45) is 0 Å². The molecule has 0 spiro atoms. The Morgan fingerprint density at radius 2 is 2.24 bits per heavy atom. The maximum absolute atomic E-state index is 11.7. The average molecular weight is 331 g/mol. The number of ether oxygens (including phenoxy) is 1. The van der Waals surface area contributed by atoms with Gasteiger partial charge in [0.1, 0.15) is 6.04 Å². The van der Waals surface area contributed by atoms with E-state index in [2.05, 4.69) is 5.32 Å². The smallest absolute Gasteiger partial charge is 0.326 e. The summed E-state index contributed by atoms with van der Waals surface area (Å²) in [7, 11) is 0. The van der Waals surface area contributed by atoms with Crippen LogP contribution in [0.25, 0.3) is 0 Å². The van der Waals surface area contributed by atoms with E-state index in [4.69, 9.17) is 9.84 Å². The molecule has 1 atom stereocenters. The highest BCUT2D eigenvalue weighted by Crippen LogP contribution is 2.22. The fourth-order valence-corrected chi connectivity index (χ4v) is 3.07. The quantitative estimate of drug-likeness (QED) is 0.529. The van der Waals surface area contributed by atoms with Crippen molar-refractivity contribution in [1.29, 1.82) is 0 Å². The number of esters is 1. The standard InChI is InChI=1S/C13H17NO5S2/c1-2-19-11(16)6-5-9(13(17)18)14-10(15)8-21-12-4-3-7-20-12/h3-4,7,9H,2,5-6,8H2,1H3,(H,14,15)(H,17,18)/t9-/m0/s1. The molecule has 21 heavy (non-hydrogen) atoms. The molecule has 8 heteroatoms. The third kappa shape index (κ3) is 7.14. The first-order chi connectivity index (χ1) is 10.0. The van der Waals surface area contributed by atoms with Crippen LogP contribution in [0.2, 0.25) is 0 Å². The van der Waals surface area contributed by atoms with E-state index in [0.29, 0.717) is 0 Å². The molecule has 1 aromatic heterocycles. The van der Waals surface area contributed by atoms with Crippen molar-refractivity contribution in [2.75, 3.05) is 12.4 Å². The SMILES string of the molecule is CCOC(=O)CC[C@H](NC(=O)CSc1cccs1)C(=O)O. The van der Waals surface area contributed by atoms with E-state index in [0.717, 1.165) is 4.21 Å². The minimum atomic E-state index is -1.16. The monoisotopic (exact) mass is 331 g/mol. The van der Waals surface area contributed by atoms with Crippen LogP contribution in [0.4, 0.5) is 0 Å². The van der Waals surface area contributed by atoms with E-state index in [9.17, 15) is 14.4 Å². The molecule has 1 amide bonds. The van der Waals surface area contributed by atoms with Gasteiger partial charge in [0.15, 0.2) is 0 Å². The van der Waals surface area contributed by atoms with Crippen LogP contribution in [0, 0.1) is 0 Å². The zero-order valence-corrected chi connectivity index (χ0v) is 13.2. The summed E-state index contributed by atoms with van der Waals surface area (Å²) in [5, 5.41) is 13.4. The van der Waals surface area contributed by atoms with Gasteiger partial charge in [-0.1, -0.05) is 6.07 Å². The lowest BCUT2D eigenvalue weighted by Gasteiger charge is -2.13. The Bertz CT molecular complexity index is 475. The van der Waals surface area contributed by atoms with Gasteiger partial charge in [0.25, 0.3) is 0 Å². The van der Waals surface area contributed by atoms with E-state index in [1.807, 2.05) is 17.5 Å². The van der Waals surface area contributed by atoms with Gasteiger partial charge < -0.3 is 15.2 Å². The van der Waals surface area contributed by atoms with Crippen molar-refractivity contribution in [2.45, 2.75) is 30.0 Å². The van der Waals surface area contributed by atoms with E-state index in [-0.39, 0.29) is 31.1 Å². The second-order valence-electron chi connectivity index (χ2n) is 4.02. The van der Waals surface area contributed by atoms with Crippen molar-refractivity contribution in [3.8, 4) is 0 Å². The minimum absolute atomic E-state index is 0.0174. The van der Waals surface area contributed by atoms with Gasteiger partial charge in [-0.3, -0.25) is 9.59 Å². The molecule has 0 bridgehead atoms. The van der Waals surface area contributed by atoms with Gasteiger partial charge in [-0.25, -0.2) is 4.79 Å². The number of carbonyl (C=O) groups is 3. The molecule has 116 valence electrons. The molecule has 1 rings (SSSR count). The molecule has 0 fully saturated rings. The molecular weight excluding hydrogens is 314 g/mol. The second kappa shape index (κ2) is 9.41. The highest BCUT2D eigenvalue weighted by Gasteiger charge is 2.21. The molecule has 0 radical (unpaired) electrons. The van der Waals surface area contributed by atoms with Crippen molar-refractivity contribution < 1.29 is 24.2 Å². The first kappa shape index (κ1) is 17.5. The number of hydrogen-bond acceptors (Lipinski definition) is 6. The molecule has 0 unspecified atom stereocenters. The van der Waals surface area contributed by atoms with Gasteiger partial charge in [-0.15, -0.1) is 23.1 Å². The predicted octanol–water partition coefficient (Wildman–Crippen LogP) is 1.75. The van der Waals surface area contributed by atoms with Gasteiger partial charge in [-0.2, -0.15) is 0 Å². The Balaban J connectivity index is 2.37. The molecule has 6 nitrogen and oxygen atoms in total. The van der Waals surface area contributed by atoms with Crippen LogP contribution >= 0.6 is 23.1 Å². The number of aliphatic carboxylic acids is 1. The van der Waals surface area contributed by atoms with Gasteiger partial charge in [0.05, 0.1) is 16.6 Å². The van der Waals surface area contributed by atoms with E-state index < -0.39 is 18.0 Å². The minimum Gasteiger partial charge on any atom is -0.480 e. The third-order valence-electron chi connectivity index (χ3n) is 2.42. The lowest BCUT2D eigenvalue weighted by Crippen LogP contribution is -2.42. The van der Waals surface area contributed by atoms with Gasteiger partial charge >= 0.3 is 11.9 Å². The molecule has 2 N–H and O–H groups in total. The molecule has 1 heterocycles. The zero-order chi connectivity index (χ0) is 15.7. The van der Waals surface area contributed by atoms with Crippen LogP contribution < -0.4 is 5.32 Å². The Morgan fingerprint density at radius 3 is 2.81 bits per heavy atom. The maximum Gasteiger partial charge on any atom is 0.326 e. The maximum atomic E-state index is 11.7. The van der Waals surface area contributed by atoms with Crippen molar-refractivity contribution >= 4 is 40.9 Å². The first-order valence-electron chi connectivity index (χ1n) is 6.37. The number of rotatable bonds is 9. The van der Waals surface area contributed by atoms with Crippen molar-refractivity contribution in [3.05, 3.63) is 17.5 Å². The van der Waals surface area contributed by atoms with E-state index in [1.54, 1.807) is 6.92 Å². The summed E-state index contributed by atoms with van der Waals surface area (Å²) in [5.74, 6) is -1.85. The lowest BCUT2D eigenvalue weighted by molar-refractivity contribution is -0.145. The number of carboxylic acids is 1. The van der Waals surface area contributed by atoms with Crippen LogP contribution in [-0.2, 0) is 19.1 Å². The number of hydrogen-bond donors (Lipinski definition) is 2. The van der Waals surface area contributed by atoms with E-state index >= 15 is 0 Å². The highest BCUT2D eigenvalue weighted by atomic mass is 32.2. The lowest BCUT2D eigenvalue weighted by atomic mass is 10.1. The molecule has 1 aromatic rings. The fourth-order valence-electron chi connectivity index (χ4n) is 1.47. The normalized spacial score (nSPS) is 11.7. The average Bonchev–Trinajstić information content (AvgIpc) is 2.94. The molecular formula is C13H17NO5S2. The predicted molar refractivity (Wildman–Crippen MR) is 80.5 cm³/mol. The summed E-state index contributed by atoms with van der Waals surface area (Å²) >= 11 is 2.86. The number of nitrogens with one attached hydrogen (secondary N) is 1. The number of amides is 1. The summed E-state index contributed by atoms with van der Waals surface area (Å²) in [6, 6.07) is 2.69. The Hall–Kier alpha value is -1.54. The molecule has 0 saturated carbocycles. The second-order valence-corrected chi connectivity index (χ2v) is 6.25. The summed E-state index contributed by atoms with van der Waals surface area (Å²) in [6.45, 7) is 1.93. The highest BCUT2D eigenvalue weighted by molar-refractivity contribution is 8.01. The van der Waals surface area contributed by atoms with Crippen LogP contribution in [0.1, 0.15) is 19.8 Å². The topological polar surface area (TPSA) is 92.7 Å². The number of thioether (sulfide) groups is 1. The van der Waals surface area contributed by atoms with Gasteiger partial charge in [0, 0.05) is 6.42 Å². The van der Waals surface area contributed by atoms with Gasteiger partial charge in [0.2, 0.25) is 5.91 Å². The third-order valence-corrected chi connectivity index (χ3v) is 4.55. The molecule has 0 aliphatic rings. The Kier molecular flexibility index (Phi) is 7.84. The Morgan fingerprint density at radius 1 is 1.48 bits per heavy atom. The summed E-state index contributed by atoms with van der Waals surface area (Å²) in [5.41, 5.74) is 0. The first-order valence-corrected chi connectivity index (χ1v) is 8.23. The molecule has 0 aromatic carbocycles. The summed E-state index contributed by atoms with van der Waals surface area (Å²) < 4.78 is 5.72. The summed E-state index contributed by atoms with van der Waals surface area (Å²) in [6.07, 6.45) is -0.0211. The number of thiophene rings is 1. The largest absolute Gasteiger partial charge is 0.480 e. The van der Waals surface area contributed by atoms with Crippen molar-refractivity contribution in [1.82, 2.24) is 5.32 Å². The molecule has 0 aliphatic heterocycles. The van der Waals surface area contributed by atoms with Crippen LogP contribution in [-0.4, -0.2) is 41.4 Å². The number of carboxylic acid groups (broad SMARTS) is 1.